The average molecular weight is 313 g/mol. The molecule has 1 N–H and O–H groups in total. The van der Waals surface area contributed by atoms with Crippen LogP contribution in [0.25, 0.3) is 10.2 Å². The van der Waals surface area contributed by atoms with E-state index in [1.54, 1.807) is 11.8 Å². The van der Waals surface area contributed by atoms with Gasteiger partial charge in [0, 0.05) is 18.5 Å². The Bertz CT molecular complexity index is 818. The molecule has 1 atom stereocenters. The molecule has 2 aromatic rings. The van der Waals surface area contributed by atoms with Crippen LogP contribution in [0.1, 0.15) is 18.9 Å². The number of rotatable bonds is 1. The standard InChI is InChI=1S/C16H15N3O2S/c1-2-3-10-6-8-17-15(20)19(10)16-18-14-11-7-9-21-12(11)4-5-13(14)22-16/h4-5,10H,6-9H2,1H3,(H,17,20)/t10-/m0/s1. The number of carbonyl (C=O) groups excluding carboxylic acids is 1. The summed E-state index contributed by atoms with van der Waals surface area (Å²) in [4.78, 5) is 18.7. The second kappa shape index (κ2) is 5.18. The van der Waals surface area contributed by atoms with Crippen LogP contribution in [0.2, 0.25) is 0 Å². The number of aromatic nitrogens is 1. The molecule has 2 amide bonds. The number of hydrogen-bond donors (Lipinski definition) is 1. The van der Waals surface area contributed by atoms with Crippen LogP contribution in [0.5, 0.6) is 5.75 Å². The van der Waals surface area contributed by atoms with Crippen molar-refractivity contribution in [2.24, 2.45) is 0 Å². The fourth-order valence-electron chi connectivity index (χ4n) is 2.96. The smallest absolute Gasteiger partial charge is 0.324 e. The topological polar surface area (TPSA) is 54.5 Å². The maximum absolute atomic E-state index is 12.3. The first-order chi connectivity index (χ1) is 10.8. The van der Waals surface area contributed by atoms with Gasteiger partial charge in [0.05, 0.1) is 16.8 Å². The Morgan fingerprint density at radius 3 is 3.27 bits per heavy atom. The van der Waals surface area contributed by atoms with Crippen molar-refractivity contribution < 1.29 is 9.53 Å². The van der Waals surface area contributed by atoms with Crippen LogP contribution in [0, 0.1) is 11.8 Å². The Kier molecular flexibility index (Phi) is 3.16. The highest BCUT2D eigenvalue weighted by molar-refractivity contribution is 7.22. The minimum absolute atomic E-state index is 0.108. The maximum Gasteiger partial charge on any atom is 0.324 e. The van der Waals surface area contributed by atoms with Gasteiger partial charge < -0.3 is 10.1 Å². The van der Waals surface area contributed by atoms with Crippen LogP contribution in [0.15, 0.2) is 12.1 Å². The highest BCUT2D eigenvalue weighted by Gasteiger charge is 2.31. The summed E-state index contributed by atoms with van der Waals surface area (Å²) < 4.78 is 6.68. The Labute approximate surface area is 132 Å². The van der Waals surface area contributed by atoms with Crippen molar-refractivity contribution in [1.82, 2.24) is 10.3 Å². The highest BCUT2D eigenvalue weighted by atomic mass is 32.1. The first-order valence-corrected chi connectivity index (χ1v) is 8.14. The molecular weight excluding hydrogens is 298 g/mol. The van der Waals surface area contributed by atoms with Crippen LogP contribution in [0.3, 0.4) is 0 Å². The summed E-state index contributed by atoms with van der Waals surface area (Å²) in [5, 5.41) is 3.59. The van der Waals surface area contributed by atoms with E-state index in [0.717, 1.165) is 34.4 Å². The van der Waals surface area contributed by atoms with Crippen molar-refractivity contribution in [1.29, 1.82) is 0 Å². The largest absolute Gasteiger partial charge is 0.493 e. The quantitative estimate of drug-likeness (QED) is 0.823. The summed E-state index contributed by atoms with van der Waals surface area (Å²) in [6, 6.07) is 3.78. The van der Waals surface area contributed by atoms with E-state index in [-0.39, 0.29) is 12.1 Å². The van der Waals surface area contributed by atoms with Gasteiger partial charge in [-0.3, -0.25) is 4.90 Å². The zero-order valence-corrected chi connectivity index (χ0v) is 13.0. The zero-order valence-electron chi connectivity index (χ0n) is 12.2. The SMILES string of the molecule is CC#C[C@H]1CCNC(=O)N1c1nc2c3c(ccc2s1)OCC3. The first kappa shape index (κ1) is 13.4. The monoisotopic (exact) mass is 313 g/mol. The van der Waals surface area contributed by atoms with Gasteiger partial charge in [-0.1, -0.05) is 17.3 Å². The molecule has 6 heteroatoms. The van der Waals surface area contributed by atoms with Gasteiger partial charge in [-0.05, 0) is 25.5 Å². The summed E-state index contributed by atoms with van der Waals surface area (Å²) in [5.41, 5.74) is 2.10. The van der Waals surface area contributed by atoms with Gasteiger partial charge >= 0.3 is 6.03 Å². The lowest BCUT2D eigenvalue weighted by molar-refractivity contribution is 0.240. The van der Waals surface area contributed by atoms with Crippen LogP contribution >= 0.6 is 11.3 Å². The summed E-state index contributed by atoms with van der Waals surface area (Å²) in [6.45, 7) is 3.16. The second-order valence-corrected chi connectivity index (χ2v) is 6.29. The predicted octanol–water partition coefficient (Wildman–Crippen LogP) is 2.54. The molecule has 1 fully saturated rings. The van der Waals surface area contributed by atoms with Crippen molar-refractivity contribution >= 4 is 32.7 Å². The van der Waals surface area contributed by atoms with Crippen molar-refractivity contribution in [3.8, 4) is 17.6 Å². The van der Waals surface area contributed by atoms with Gasteiger partial charge in [0.15, 0.2) is 5.13 Å². The van der Waals surface area contributed by atoms with Gasteiger partial charge in [-0.15, -0.1) is 5.92 Å². The highest BCUT2D eigenvalue weighted by Crippen LogP contribution is 2.38. The zero-order chi connectivity index (χ0) is 15.1. The molecule has 1 saturated heterocycles. The lowest BCUT2D eigenvalue weighted by atomic mass is 10.1. The lowest BCUT2D eigenvalue weighted by Gasteiger charge is -2.30. The van der Waals surface area contributed by atoms with E-state index < -0.39 is 0 Å². The van der Waals surface area contributed by atoms with E-state index in [4.69, 9.17) is 9.72 Å². The van der Waals surface area contributed by atoms with Crippen LogP contribution in [0.4, 0.5) is 9.93 Å². The minimum atomic E-state index is -0.119. The number of thiazole rings is 1. The number of urea groups is 1. The summed E-state index contributed by atoms with van der Waals surface area (Å²) >= 11 is 1.53. The number of fused-ring (bicyclic) bond motifs is 3. The minimum Gasteiger partial charge on any atom is -0.493 e. The van der Waals surface area contributed by atoms with Crippen LogP contribution in [-0.2, 0) is 6.42 Å². The van der Waals surface area contributed by atoms with E-state index in [1.807, 2.05) is 12.1 Å². The first-order valence-electron chi connectivity index (χ1n) is 7.32. The fraction of sp³-hybridized carbons (Fsp3) is 0.375. The number of nitrogens with zero attached hydrogens (tertiary/aromatic N) is 2. The van der Waals surface area contributed by atoms with Crippen LogP contribution in [-0.4, -0.2) is 30.2 Å². The number of benzene rings is 1. The molecule has 2 aliphatic heterocycles. The molecule has 112 valence electrons. The molecule has 5 nitrogen and oxygen atoms in total. The van der Waals surface area contributed by atoms with Crippen molar-refractivity contribution in [3.63, 3.8) is 0 Å². The fourth-order valence-corrected chi connectivity index (χ4v) is 4.00. The number of nitrogens with one attached hydrogen (secondary N) is 1. The third kappa shape index (κ3) is 2.01. The van der Waals surface area contributed by atoms with Gasteiger partial charge in [0.2, 0.25) is 0 Å². The Hall–Kier alpha value is -2.26. The average Bonchev–Trinajstić information content (AvgIpc) is 3.13. The van der Waals surface area contributed by atoms with E-state index in [0.29, 0.717) is 18.3 Å². The predicted molar refractivity (Wildman–Crippen MR) is 86.6 cm³/mol. The Morgan fingerprint density at radius 2 is 2.41 bits per heavy atom. The van der Waals surface area contributed by atoms with E-state index in [2.05, 4.69) is 17.2 Å². The molecule has 22 heavy (non-hydrogen) atoms. The summed E-state index contributed by atoms with van der Waals surface area (Å²) in [7, 11) is 0. The molecule has 0 unspecified atom stereocenters. The molecule has 2 aliphatic rings. The van der Waals surface area contributed by atoms with Gasteiger partial charge in [0.25, 0.3) is 0 Å². The Balaban J connectivity index is 1.82. The normalized spacial score (nSPS) is 20.1. The van der Waals surface area contributed by atoms with Crippen molar-refractivity contribution in [2.75, 3.05) is 18.1 Å². The number of anilines is 1. The Morgan fingerprint density at radius 1 is 1.50 bits per heavy atom. The summed E-state index contributed by atoms with van der Waals surface area (Å²) in [6.07, 6.45) is 1.68. The van der Waals surface area contributed by atoms with E-state index >= 15 is 0 Å². The molecule has 0 bridgehead atoms. The molecule has 0 saturated carbocycles. The molecule has 0 aliphatic carbocycles. The van der Waals surface area contributed by atoms with Gasteiger partial charge in [-0.2, -0.15) is 0 Å². The number of carbonyl (C=O) groups is 1. The molecule has 3 heterocycles. The van der Waals surface area contributed by atoms with Crippen molar-refractivity contribution in [2.45, 2.75) is 25.8 Å². The molecule has 4 rings (SSSR count). The van der Waals surface area contributed by atoms with E-state index in [1.165, 1.54) is 11.3 Å². The van der Waals surface area contributed by atoms with E-state index in [9.17, 15) is 4.79 Å². The number of ether oxygens (including phenoxy) is 1. The van der Waals surface area contributed by atoms with Gasteiger partial charge in [0.1, 0.15) is 11.8 Å². The second-order valence-electron chi connectivity index (χ2n) is 5.28. The molecule has 0 spiro atoms. The number of hydrogen-bond acceptors (Lipinski definition) is 4. The number of amides is 2. The summed E-state index contributed by atoms with van der Waals surface area (Å²) in [5.74, 6) is 6.95. The molecule has 1 aromatic heterocycles. The molecule has 0 radical (unpaired) electrons. The third-order valence-electron chi connectivity index (χ3n) is 3.96. The molecular formula is C16H15N3O2S. The van der Waals surface area contributed by atoms with Gasteiger partial charge in [-0.25, -0.2) is 9.78 Å². The maximum atomic E-state index is 12.3. The van der Waals surface area contributed by atoms with Crippen LogP contribution < -0.4 is 15.0 Å². The van der Waals surface area contributed by atoms with Crippen molar-refractivity contribution in [3.05, 3.63) is 17.7 Å². The lowest BCUT2D eigenvalue weighted by Crippen LogP contribution is -2.52. The third-order valence-corrected chi connectivity index (χ3v) is 4.98. The molecule has 1 aromatic carbocycles.